The highest BCUT2D eigenvalue weighted by atomic mass is 16.2. The quantitative estimate of drug-likeness (QED) is 0.841. The third-order valence-electron chi connectivity index (χ3n) is 6.65. The number of carbonyl (C=O) groups is 2. The minimum Gasteiger partial charge on any atom is -0.347 e. The van der Waals surface area contributed by atoms with Crippen molar-refractivity contribution in [2.24, 2.45) is 23.2 Å². The van der Waals surface area contributed by atoms with Gasteiger partial charge in [-0.3, -0.25) is 9.59 Å². The molecule has 4 aliphatic rings. The lowest BCUT2D eigenvalue weighted by molar-refractivity contribution is -0.131. The molecular formula is C22H30N2O2. The average Bonchev–Trinajstić information content (AvgIpc) is 2.50. The van der Waals surface area contributed by atoms with Gasteiger partial charge in [0.05, 0.1) is 6.54 Å². The zero-order valence-electron chi connectivity index (χ0n) is 15.9. The fraction of sp³-hybridized carbons (Fsp3) is 0.636. The van der Waals surface area contributed by atoms with E-state index in [0.29, 0.717) is 6.42 Å². The maximum atomic E-state index is 12.5. The number of anilines is 1. The summed E-state index contributed by atoms with van der Waals surface area (Å²) in [6, 6.07) is 5.97. The molecule has 0 heterocycles. The molecule has 4 heteroatoms. The van der Waals surface area contributed by atoms with Crippen molar-refractivity contribution in [2.75, 3.05) is 11.9 Å². The van der Waals surface area contributed by atoms with Gasteiger partial charge in [0.1, 0.15) is 0 Å². The molecule has 4 saturated carbocycles. The molecule has 0 unspecified atom stereocenters. The Morgan fingerprint density at radius 3 is 2.00 bits per heavy atom. The van der Waals surface area contributed by atoms with Gasteiger partial charge in [-0.15, -0.1) is 0 Å². The smallest absolute Gasteiger partial charge is 0.243 e. The molecule has 26 heavy (non-hydrogen) atoms. The van der Waals surface area contributed by atoms with E-state index in [1.165, 1.54) is 38.5 Å². The summed E-state index contributed by atoms with van der Waals surface area (Å²) in [5.74, 6) is 2.43. The highest BCUT2D eigenvalue weighted by Gasteiger charge is 2.51. The third kappa shape index (κ3) is 3.79. The van der Waals surface area contributed by atoms with Crippen molar-refractivity contribution in [1.82, 2.24) is 5.32 Å². The van der Waals surface area contributed by atoms with Crippen LogP contribution in [0.25, 0.3) is 0 Å². The third-order valence-corrected chi connectivity index (χ3v) is 6.65. The largest absolute Gasteiger partial charge is 0.347 e. The Bertz CT molecular complexity index is 669. The molecule has 1 aromatic rings. The molecule has 4 nitrogen and oxygen atoms in total. The van der Waals surface area contributed by atoms with E-state index in [0.717, 1.165) is 34.6 Å². The first-order valence-corrected chi connectivity index (χ1v) is 10.0. The van der Waals surface area contributed by atoms with Gasteiger partial charge in [0.2, 0.25) is 11.8 Å². The van der Waals surface area contributed by atoms with Gasteiger partial charge in [0.25, 0.3) is 0 Å². The van der Waals surface area contributed by atoms with Crippen LogP contribution >= 0.6 is 0 Å². The first-order valence-electron chi connectivity index (χ1n) is 10.0. The van der Waals surface area contributed by atoms with Crippen molar-refractivity contribution in [2.45, 2.75) is 58.8 Å². The van der Waals surface area contributed by atoms with Crippen LogP contribution in [0.2, 0.25) is 0 Å². The summed E-state index contributed by atoms with van der Waals surface area (Å²) in [6.45, 7) is 4.07. The van der Waals surface area contributed by atoms with Crippen LogP contribution in [0.5, 0.6) is 0 Å². The summed E-state index contributed by atoms with van der Waals surface area (Å²) in [5, 5.41) is 5.74. The van der Waals surface area contributed by atoms with Crippen molar-refractivity contribution >= 4 is 17.5 Å². The van der Waals surface area contributed by atoms with E-state index in [1.54, 1.807) is 0 Å². The molecule has 4 bridgehead atoms. The lowest BCUT2D eigenvalue weighted by Crippen LogP contribution is -2.48. The molecule has 0 saturated heterocycles. The van der Waals surface area contributed by atoms with Crippen molar-refractivity contribution in [3.8, 4) is 0 Å². The lowest BCUT2D eigenvalue weighted by atomic mass is 9.49. The summed E-state index contributed by atoms with van der Waals surface area (Å²) in [6.07, 6.45) is 8.44. The first-order chi connectivity index (χ1) is 12.4. The Labute approximate surface area is 156 Å². The van der Waals surface area contributed by atoms with Crippen molar-refractivity contribution < 1.29 is 9.59 Å². The molecule has 0 aromatic heterocycles. The standard InChI is InChI=1S/C22H30N2O2/c1-14-3-15(2)5-19(4-14)24-21(26)13-23-20(25)12-22-9-16-6-17(10-22)8-18(7-16)11-22/h3-5,16-18H,6-13H2,1-2H3,(H,23,25)(H,24,26). The zero-order chi connectivity index (χ0) is 18.3. The van der Waals surface area contributed by atoms with Gasteiger partial charge in [-0.25, -0.2) is 0 Å². The summed E-state index contributed by atoms with van der Waals surface area (Å²) in [5.41, 5.74) is 3.25. The maximum absolute atomic E-state index is 12.5. The molecule has 0 radical (unpaired) electrons. The molecule has 140 valence electrons. The fourth-order valence-electron chi connectivity index (χ4n) is 6.34. The Morgan fingerprint density at radius 1 is 0.923 bits per heavy atom. The van der Waals surface area contributed by atoms with Crippen LogP contribution in [-0.4, -0.2) is 18.4 Å². The van der Waals surface area contributed by atoms with Gasteiger partial charge in [0, 0.05) is 12.1 Å². The van der Waals surface area contributed by atoms with Gasteiger partial charge in [-0.2, -0.15) is 0 Å². The monoisotopic (exact) mass is 354 g/mol. The number of rotatable bonds is 5. The number of benzene rings is 1. The predicted octanol–water partition coefficient (Wildman–Crippen LogP) is 3.96. The number of nitrogens with one attached hydrogen (secondary N) is 2. The second-order valence-electron chi connectivity index (χ2n) is 9.30. The molecule has 2 amide bonds. The van der Waals surface area contributed by atoms with Gasteiger partial charge in [0.15, 0.2) is 0 Å². The lowest BCUT2D eigenvalue weighted by Gasteiger charge is -2.56. The van der Waals surface area contributed by atoms with Crippen LogP contribution in [0.15, 0.2) is 18.2 Å². The number of hydrogen-bond donors (Lipinski definition) is 2. The van der Waals surface area contributed by atoms with Gasteiger partial charge in [-0.1, -0.05) is 6.07 Å². The summed E-state index contributed by atoms with van der Waals surface area (Å²) in [7, 11) is 0. The van der Waals surface area contributed by atoms with Crippen LogP contribution in [0.3, 0.4) is 0 Å². The van der Waals surface area contributed by atoms with Gasteiger partial charge < -0.3 is 10.6 Å². The number of amides is 2. The SMILES string of the molecule is Cc1cc(C)cc(NC(=O)CNC(=O)CC23CC4CC(CC(C4)C2)C3)c1. The van der Waals surface area contributed by atoms with E-state index < -0.39 is 0 Å². The first kappa shape index (κ1) is 17.6. The molecule has 4 aliphatic carbocycles. The average molecular weight is 354 g/mol. The fourth-order valence-corrected chi connectivity index (χ4v) is 6.34. The summed E-state index contributed by atoms with van der Waals surface area (Å²) < 4.78 is 0. The van der Waals surface area contributed by atoms with Crippen LogP contribution < -0.4 is 10.6 Å². The van der Waals surface area contributed by atoms with Crippen LogP contribution in [0, 0.1) is 37.0 Å². The summed E-state index contributed by atoms with van der Waals surface area (Å²) >= 11 is 0. The van der Waals surface area contributed by atoms with E-state index in [-0.39, 0.29) is 23.8 Å². The van der Waals surface area contributed by atoms with E-state index in [4.69, 9.17) is 0 Å². The highest BCUT2D eigenvalue weighted by Crippen LogP contribution is 2.61. The number of carbonyl (C=O) groups excluding carboxylic acids is 2. The molecule has 0 spiro atoms. The zero-order valence-corrected chi connectivity index (χ0v) is 15.9. The molecule has 5 rings (SSSR count). The maximum Gasteiger partial charge on any atom is 0.243 e. The van der Waals surface area contributed by atoms with Crippen LogP contribution in [0.1, 0.15) is 56.1 Å². The topological polar surface area (TPSA) is 58.2 Å². The molecule has 1 aromatic carbocycles. The number of hydrogen-bond acceptors (Lipinski definition) is 2. The van der Waals surface area contributed by atoms with Crippen LogP contribution in [0.4, 0.5) is 5.69 Å². The van der Waals surface area contributed by atoms with E-state index in [1.807, 2.05) is 26.0 Å². The van der Waals surface area contributed by atoms with Gasteiger partial charge >= 0.3 is 0 Å². The van der Waals surface area contributed by atoms with Crippen LogP contribution in [-0.2, 0) is 9.59 Å². The molecule has 0 aliphatic heterocycles. The molecule has 4 fully saturated rings. The van der Waals surface area contributed by atoms with Crippen molar-refractivity contribution in [1.29, 1.82) is 0 Å². The molecule has 2 N–H and O–H groups in total. The van der Waals surface area contributed by atoms with E-state index in [9.17, 15) is 9.59 Å². The van der Waals surface area contributed by atoms with Crippen molar-refractivity contribution in [3.05, 3.63) is 29.3 Å². The normalized spacial score (nSPS) is 31.7. The second kappa shape index (κ2) is 6.71. The summed E-state index contributed by atoms with van der Waals surface area (Å²) in [4.78, 5) is 24.7. The van der Waals surface area contributed by atoms with E-state index >= 15 is 0 Å². The Balaban J connectivity index is 1.28. The Kier molecular flexibility index (Phi) is 4.54. The molecular weight excluding hydrogens is 324 g/mol. The highest BCUT2D eigenvalue weighted by molar-refractivity contribution is 5.94. The Morgan fingerprint density at radius 2 is 1.46 bits per heavy atom. The predicted molar refractivity (Wildman–Crippen MR) is 103 cm³/mol. The minimum absolute atomic E-state index is 0.0440. The Hall–Kier alpha value is -1.84. The van der Waals surface area contributed by atoms with Gasteiger partial charge in [-0.05, 0) is 98.8 Å². The van der Waals surface area contributed by atoms with Crippen molar-refractivity contribution in [3.63, 3.8) is 0 Å². The molecule has 0 atom stereocenters. The second-order valence-corrected chi connectivity index (χ2v) is 9.30. The van der Waals surface area contributed by atoms with E-state index in [2.05, 4.69) is 16.7 Å². The number of aryl methyl sites for hydroxylation is 2. The minimum atomic E-state index is -0.158.